The number of fused-ring (bicyclic) bond motifs is 1. The average Bonchev–Trinajstić information content (AvgIpc) is 2.97. The molecule has 4 nitrogen and oxygen atoms in total. The molecule has 3 rings (SSSR count). The van der Waals surface area contributed by atoms with E-state index in [0.29, 0.717) is 5.69 Å². The maximum absolute atomic E-state index is 12.7. The van der Waals surface area contributed by atoms with Gasteiger partial charge in [-0.3, -0.25) is 0 Å². The highest BCUT2D eigenvalue weighted by atomic mass is 16.6. The molecule has 3 aromatic rings. The minimum Gasteiger partial charge on any atom is -0.497 e. The van der Waals surface area contributed by atoms with Crippen molar-refractivity contribution in [3.8, 4) is 17.6 Å². The highest BCUT2D eigenvalue weighted by Gasteiger charge is 2.21. The Kier molecular flexibility index (Phi) is 4.73. The lowest BCUT2D eigenvalue weighted by atomic mass is 10.2. The molecule has 1 heterocycles. The van der Waals surface area contributed by atoms with E-state index in [0.717, 1.165) is 22.2 Å². The third kappa shape index (κ3) is 3.89. The fourth-order valence-corrected chi connectivity index (χ4v) is 2.56. The Labute approximate surface area is 153 Å². The fourth-order valence-electron chi connectivity index (χ4n) is 2.56. The Morgan fingerprint density at radius 3 is 2.35 bits per heavy atom. The maximum atomic E-state index is 12.7. The largest absolute Gasteiger partial charge is 0.497 e. The van der Waals surface area contributed by atoms with Crippen molar-refractivity contribution in [2.24, 2.45) is 0 Å². The van der Waals surface area contributed by atoms with Crippen LogP contribution in [0.2, 0.25) is 0 Å². The number of benzene rings is 2. The van der Waals surface area contributed by atoms with E-state index in [-0.39, 0.29) is 0 Å². The van der Waals surface area contributed by atoms with Crippen molar-refractivity contribution in [2.45, 2.75) is 26.4 Å². The highest BCUT2D eigenvalue weighted by molar-refractivity contribution is 5.92. The van der Waals surface area contributed by atoms with E-state index in [2.05, 4.69) is 11.8 Å². The summed E-state index contributed by atoms with van der Waals surface area (Å²) in [5.74, 6) is 6.97. The van der Waals surface area contributed by atoms with E-state index < -0.39 is 11.7 Å². The smallest absolute Gasteiger partial charge is 0.420 e. The summed E-state index contributed by atoms with van der Waals surface area (Å²) in [7, 11) is 1.62. The number of carbonyl (C=O) groups excluding carboxylic acids is 1. The molecular weight excluding hydrogens is 326 g/mol. The molecule has 0 bridgehead atoms. The lowest BCUT2D eigenvalue weighted by molar-refractivity contribution is 0.0543. The van der Waals surface area contributed by atoms with Gasteiger partial charge in [0, 0.05) is 10.9 Å². The normalized spacial score (nSPS) is 10.9. The second kappa shape index (κ2) is 6.97. The molecule has 0 amide bonds. The average molecular weight is 347 g/mol. The number of nitrogens with zero attached hydrogens (tertiary/aromatic N) is 1. The van der Waals surface area contributed by atoms with E-state index in [9.17, 15) is 4.79 Å². The van der Waals surface area contributed by atoms with Crippen LogP contribution in [0, 0.1) is 11.8 Å². The number of methoxy groups -OCH3 is 1. The molecule has 26 heavy (non-hydrogen) atoms. The van der Waals surface area contributed by atoms with E-state index >= 15 is 0 Å². The zero-order valence-electron chi connectivity index (χ0n) is 15.4. The van der Waals surface area contributed by atoms with E-state index in [1.165, 1.54) is 4.57 Å². The predicted molar refractivity (Wildman–Crippen MR) is 103 cm³/mol. The summed E-state index contributed by atoms with van der Waals surface area (Å²) in [6, 6.07) is 17.0. The van der Waals surface area contributed by atoms with Crippen LogP contribution in [0.5, 0.6) is 5.75 Å². The first-order valence-electron chi connectivity index (χ1n) is 8.37. The van der Waals surface area contributed by atoms with Crippen molar-refractivity contribution in [3.05, 3.63) is 65.9 Å². The summed E-state index contributed by atoms with van der Waals surface area (Å²) in [5, 5.41) is 0.942. The highest BCUT2D eigenvalue weighted by Crippen LogP contribution is 2.21. The second-order valence-corrected chi connectivity index (χ2v) is 6.88. The van der Waals surface area contributed by atoms with Crippen molar-refractivity contribution in [3.63, 3.8) is 0 Å². The Hall–Kier alpha value is -3.19. The first-order valence-corrected chi connectivity index (χ1v) is 8.37. The third-order valence-corrected chi connectivity index (χ3v) is 3.71. The molecule has 0 unspecified atom stereocenters. The molecule has 0 aliphatic carbocycles. The summed E-state index contributed by atoms with van der Waals surface area (Å²) >= 11 is 0. The van der Waals surface area contributed by atoms with Crippen LogP contribution in [0.25, 0.3) is 10.9 Å². The van der Waals surface area contributed by atoms with Crippen molar-refractivity contribution in [1.29, 1.82) is 0 Å². The quantitative estimate of drug-likeness (QED) is 0.592. The molecule has 2 aromatic carbocycles. The fraction of sp³-hybridized carbons (Fsp3) is 0.227. The van der Waals surface area contributed by atoms with Gasteiger partial charge >= 0.3 is 6.09 Å². The SMILES string of the molecule is COc1ccc(C#Cc2cc3ccccc3n2C(=O)OC(C)(C)C)cc1. The topological polar surface area (TPSA) is 40.5 Å². The molecule has 4 heteroatoms. The van der Waals surface area contributed by atoms with Crippen LogP contribution in [0.3, 0.4) is 0 Å². The number of carbonyl (C=O) groups is 1. The van der Waals surface area contributed by atoms with E-state index in [1.807, 2.05) is 75.4 Å². The summed E-state index contributed by atoms with van der Waals surface area (Å²) in [6.45, 7) is 5.54. The molecule has 0 fully saturated rings. The van der Waals surface area contributed by atoms with Gasteiger partial charge in [0.05, 0.1) is 12.6 Å². The molecule has 1 aromatic heterocycles. The number of para-hydroxylation sites is 1. The van der Waals surface area contributed by atoms with Gasteiger partial charge in [-0.05, 0) is 63.1 Å². The molecule has 0 radical (unpaired) electrons. The Bertz CT molecular complexity index is 996. The zero-order chi connectivity index (χ0) is 18.7. The van der Waals surface area contributed by atoms with Crippen LogP contribution < -0.4 is 4.74 Å². The van der Waals surface area contributed by atoms with Gasteiger partial charge in [0.15, 0.2) is 0 Å². The van der Waals surface area contributed by atoms with Crippen LogP contribution in [-0.2, 0) is 4.74 Å². The first kappa shape index (κ1) is 17.6. The van der Waals surface area contributed by atoms with Crippen molar-refractivity contribution < 1.29 is 14.3 Å². The van der Waals surface area contributed by atoms with Gasteiger partial charge in [-0.25, -0.2) is 9.36 Å². The van der Waals surface area contributed by atoms with Crippen LogP contribution in [0.1, 0.15) is 32.0 Å². The molecule has 0 aliphatic heterocycles. The van der Waals surface area contributed by atoms with Crippen LogP contribution in [-0.4, -0.2) is 23.4 Å². The number of hydrogen-bond acceptors (Lipinski definition) is 3. The Balaban J connectivity index is 2.04. The molecule has 0 saturated heterocycles. The summed E-state index contributed by atoms with van der Waals surface area (Å²) in [4.78, 5) is 12.7. The third-order valence-electron chi connectivity index (χ3n) is 3.71. The first-order chi connectivity index (χ1) is 12.4. The molecule has 0 spiro atoms. The maximum Gasteiger partial charge on any atom is 0.420 e. The second-order valence-electron chi connectivity index (χ2n) is 6.88. The van der Waals surface area contributed by atoms with Gasteiger partial charge in [0.25, 0.3) is 0 Å². The molecule has 0 aliphatic rings. The van der Waals surface area contributed by atoms with Gasteiger partial charge in [-0.15, -0.1) is 0 Å². The number of ether oxygens (including phenoxy) is 2. The number of rotatable bonds is 1. The minimum atomic E-state index is -0.580. The molecule has 0 saturated carbocycles. The van der Waals surface area contributed by atoms with E-state index in [1.54, 1.807) is 7.11 Å². The summed E-state index contributed by atoms with van der Waals surface area (Å²) in [6.07, 6.45) is -0.433. The van der Waals surface area contributed by atoms with Gasteiger partial charge in [0.1, 0.15) is 17.0 Å². The molecule has 0 N–H and O–H groups in total. The van der Waals surface area contributed by atoms with Gasteiger partial charge < -0.3 is 9.47 Å². The van der Waals surface area contributed by atoms with Crippen molar-refractivity contribution >= 4 is 17.0 Å². The molecule has 0 atom stereocenters. The number of aromatic nitrogens is 1. The van der Waals surface area contributed by atoms with Crippen LogP contribution >= 0.6 is 0 Å². The van der Waals surface area contributed by atoms with Crippen molar-refractivity contribution in [1.82, 2.24) is 4.57 Å². The molecular formula is C22H21NO3. The Morgan fingerprint density at radius 1 is 1.00 bits per heavy atom. The summed E-state index contributed by atoms with van der Waals surface area (Å²) in [5.41, 5.74) is 1.63. The van der Waals surface area contributed by atoms with Crippen molar-refractivity contribution in [2.75, 3.05) is 7.11 Å². The van der Waals surface area contributed by atoms with Gasteiger partial charge in [-0.2, -0.15) is 0 Å². The van der Waals surface area contributed by atoms with Gasteiger partial charge in [-0.1, -0.05) is 24.1 Å². The van der Waals surface area contributed by atoms with Crippen LogP contribution in [0.15, 0.2) is 54.6 Å². The van der Waals surface area contributed by atoms with E-state index in [4.69, 9.17) is 9.47 Å². The standard InChI is InChI=1S/C22H21NO3/c1-22(2,3)26-21(24)23-18(15-17-7-5-6-8-20(17)23)12-9-16-10-13-19(25-4)14-11-16/h5-8,10-11,13-15H,1-4H3. The lowest BCUT2D eigenvalue weighted by Gasteiger charge is -2.20. The monoisotopic (exact) mass is 347 g/mol. The Morgan fingerprint density at radius 2 is 1.69 bits per heavy atom. The predicted octanol–water partition coefficient (Wildman–Crippen LogP) is 4.83. The lowest BCUT2D eigenvalue weighted by Crippen LogP contribution is -2.27. The minimum absolute atomic E-state index is 0.433. The number of hydrogen-bond donors (Lipinski definition) is 0. The zero-order valence-corrected chi connectivity index (χ0v) is 15.4. The van der Waals surface area contributed by atoms with Gasteiger partial charge in [0.2, 0.25) is 0 Å². The van der Waals surface area contributed by atoms with Crippen LogP contribution in [0.4, 0.5) is 4.79 Å². The molecule has 132 valence electrons. The summed E-state index contributed by atoms with van der Waals surface area (Å²) < 4.78 is 12.2.